The number of thioether (sulfide) groups is 1. The van der Waals surface area contributed by atoms with Crippen LogP contribution in [0.3, 0.4) is 0 Å². The molecule has 31 heavy (non-hydrogen) atoms. The Morgan fingerprint density at radius 1 is 1.03 bits per heavy atom. The fourth-order valence-electron chi connectivity index (χ4n) is 6.56. The minimum absolute atomic E-state index is 0.0172. The van der Waals surface area contributed by atoms with E-state index in [4.69, 9.17) is 9.84 Å². The van der Waals surface area contributed by atoms with E-state index in [0.29, 0.717) is 10.6 Å². The summed E-state index contributed by atoms with van der Waals surface area (Å²) >= 11 is 0.918. The summed E-state index contributed by atoms with van der Waals surface area (Å²) in [6, 6.07) is 9.16. The number of rotatable bonds is 5. The molecule has 0 unspecified atom stereocenters. The molecule has 162 valence electrons. The van der Waals surface area contributed by atoms with Gasteiger partial charge in [-0.25, -0.2) is 9.18 Å². The van der Waals surface area contributed by atoms with Crippen molar-refractivity contribution >= 4 is 22.8 Å². The Morgan fingerprint density at radius 2 is 1.61 bits per heavy atom. The van der Waals surface area contributed by atoms with Crippen LogP contribution in [0, 0.1) is 23.6 Å². The highest BCUT2D eigenvalue weighted by Crippen LogP contribution is 2.62. The van der Waals surface area contributed by atoms with Crippen molar-refractivity contribution in [2.24, 2.45) is 17.8 Å². The first-order valence-corrected chi connectivity index (χ1v) is 11.6. The Labute approximate surface area is 185 Å². The smallest absolute Gasteiger partial charge is 0.335 e. The van der Waals surface area contributed by atoms with Crippen molar-refractivity contribution in [3.63, 3.8) is 0 Å². The number of hydrogen-bond acceptors (Lipinski definition) is 4. The molecule has 0 heterocycles. The molecule has 2 aromatic carbocycles. The molecule has 0 radical (unpaired) electrons. The molecule has 1 N–H and O–H groups in total. The quantitative estimate of drug-likeness (QED) is 0.584. The van der Waals surface area contributed by atoms with Gasteiger partial charge >= 0.3 is 5.97 Å². The summed E-state index contributed by atoms with van der Waals surface area (Å²) in [6.45, 7) is 0. The van der Waals surface area contributed by atoms with E-state index >= 15 is 0 Å². The summed E-state index contributed by atoms with van der Waals surface area (Å²) in [4.78, 5) is 24.6. The van der Waals surface area contributed by atoms with E-state index in [1.54, 1.807) is 25.3 Å². The molecular formula is C25H25FO4S. The summed E-state index contributed by atoms with van der Waals surface area (Å²) < 4.78 is 20.5. The van der Waals surface area contributed by atoms with E-state index in [1.807, 2.05) is 0 Å². The number of carbonyl (C=O) groups is 2. The highest BCUT2D eigenvalue weighted by atomic mass is 32.2. The van der Waals surface area contributed by atoms with E-state index in [2.05, 4.69) is 0 Å². The minimum atomic E-state index is -1.02. The molecule has 4 aliphatic rings. The lowest BCUT2D eigenvalue weighted by Gasteiger charge is -2.57. The lowest BCUT2D eigenvalue weighted by Crippen LogP contribution is -2.48. The molecule has 6 heteroatoms. The molecule has 4 aliphatic carbocycles. The molecule has 0 amide bonds. The van der Waals surface area contributed by atoms with Crippen LogP contribution in [-0.2, 0) is 5.41 Å². The Kier molecular flexibility index (Phi) is 5.08. The third-order valence-electron chi connectivity index (χ3n) is 7.43. The van der Waals surface area contributed by atoms with Crippen molar-refractivity contribution in [3.8, 4) is 5.75 Å². The van der Waals surface area contributed by atoms with Gasteiger partial charge in [0.25, 0.3) is 0 Å². The lowest BCUT2D eigenvalue weighted by molar-refractivity contribution is -0.00620. The molecule has 0 atom stereocenters. The molecule has 4 bridgehead atoms. The molecule has 0 saturated heterocycles. The van der Waals surface area contributed by atoms with Crippen molar-refractivity contribution < 1.29 is 23.8 Å². The van der Waals surface area contributed by atoms with Gasteiger partial charge in [0.15, 0.2) is 0 Å². The van der Waals surface area contributed by atoms with E-state index < -0.39 is 11.8 Å². The number of carboxylic acids is 1. The van der Waals surface area contributed by atoms with Crippen LogP contribution in [0.25, 0.3) is 0 Å². The number of benzene rings is 2. The number of methoxy groups -OCH3 is 1. The maximum absolute atomic E-state index is 14.9. The predicted molar refractivity (Wildman–Crippen MR) is 116 cm³/mol. The molecule has 0 spiro atoms. The Morgan fingerprint density at radius 3 is 2.13 bits per heavy atom. The monoisotopic (exact) mass is 440 g/mol. The first-order valence-electron chi connectivity index (χ1n) is 10.8. The molecular weight excluding hydrogens is 415 g/mol. The van der Waals surface area contributed by atoms with Crippen molar-refractivity contribution in [2.75, 3.05) is 7.11 Å². The summed E-state index contributed by atoms with van der Waals surface area (Å²) in [7, 11) is 1.57. The number of carbonyl (C=O) groups excluding carboxylic acids is 1. The maximum atomic E-state index is 14.9. The fourth-order valence-corrected chi connectivity index (χ4v) is 7.32. The number of carboxylic acid groups (broad SMARTS) is 1. The van der Waals surface area contributed by atoms with Crippen molar-refractivity contribution in [2.45, 2.75) is 48.8 Å². The third-order valence-corrected chi connectivity index (χ3v) is 8.34. The fraction of sp³-hybridized carbons (Fsp3) is 0.440. The predicted octanol–water partition coefficient (Wildman–Crippen LogP) is 5.93. The Balaban J connectivity index is 1.47. The molecule has 4 saturated carbocycles. The van der Waals surface area contributed by atoms with Gasteiger partial charge in [-0.3, -0.25) is 4.79 Å². The SMILES string of the molecule is COc1cc(F)c(C(=O)Sc2ccc(C(=O)O)cc2)cc1C12CC3CC(CC(C3)C1)C2. The highest BCUT2D eigenvalue weighted by molar-refractivity contribution is 8.14. The zero-order valence-electron chi connectivity index (χ0n) is 17.4. The normalized spacial score (nSPS) is 28.5. The third kappa shape index (κ3) is 3.65. The van der Waals surface area contributed by atoms with Crippen molar-refractivity contribution in [3.05, 3.63) is 58.9 Å². The van der Waals surface area contributed by atoms with Crippen LogP contribution >= 0.6 is 11.8 Å². The van der Waals surface area contributed by atoms with Gasteiger partial charge in [-0.05, 0) is 104 Å². The van der Waals surface area contributed by atoms with Crippen LogP contribution in [0.1, 0.15) is 64.8 Å². The topological polar surface area (TPSA) is 63.6 Å². The summed E-state index contributed by atoms with van der Waals surface area (Å²) in [6.07, 6.45) is 7.19. The zero-order chi connectivity index (χ0) is 21.8. The standard InChI is InChI=1S/C25H25FO4S/c1-30-22-10-21(26)19(24(29)31-18-4-2-17(3-5-18)23(27)28)9-20(22)25-11-14-6-15(12-25)8-16(7-14)13-25/h2-5,9-10,14-16H,6-8,11-13H2,1H3,(H,27,28). The first-order chi connectivity index (χ1) is 14.9. The average molecular weight is 441 g/mol. The molecule has 0 aromatic heterocycles. The van der Waals surface area contributed by atoms with Gasteiger partial charge in [0.2, 0.25) is 5.12 Å². The average Bonchev–Trinajstić information content (AvgIpc) is 2.72. The van der Waals surface area contributed by atoms with Gasteiger partial charge in [-0.2, -0.15) is 0 Å². The summed E-state index contributed by atoms with van der Waals surface area (Å²) in [5, 5.41) is 8.65. The maximum Gasteiger partial charge on any atom is 0.335 e. The van der Waals surface area contributed by atoms with Crippen LogP contribution in [0.4, 0.5) is 4.39 Å². The molecule has 6 rings (SSSR count). The van der Waals surface area contributed by atoms with Crippen LogP contribution in [-0.4, -0.2) is 23.3 Å². The van der Waals surface area contributed by atoms with E-state index in [-0.39, 0.29) is 21.7 Å². The summed E-state index contributed by atoms with van der Waals surface area (Å²) in [5.41, 5.74) is 1.19. The number of ether oxygens (including phenoxy) is 1. The molecule has 0 aliphatic heterocycles. The molecule has 2 aromatic rings. The van der Waals surface area contributed by atoms with Gasteiger partial charge in [0.1, 0.15) is 11.6 Å². The molecule has 4 nitrogen and oxygen atoms in total. The van der Waals surface area contributed by atoms with Crippen LogP contribution in [0.2, 0.25) is 0 Å². The van der Waals surface area contributed by atoms with Gasteiger partial charge in [0, 0.05) is 16.5 Å². The Bertz CT molecular complexity index is 1010. The van der Waals surface area contributed by atoms with Gasteiger partial charge in [-0.1, -0.05) is 0 Å². The summed E-state index contributed by atoms with van der Waals surface area (Å²) in [5.74, 6) is 1.12. The number of aromatic carboxylic acids is 1. The van der Waals surface area contributed by atoms with Crippen LogP contribution < -0.4 is 4.74 Å². The van der Waals surface area contributed by atoms with Crippen LogP contribution in [0.15, 0.2) is 41.3 Å². The van der Waals surface area contributed by atoms with Gasteiger partial charge in [-0.15, -0.1) is 0 Å². The second-order valence-electron chi connectivity index (χ2n) is 9.45. The highest BCUT2D eigenvalue weighted by Gasteiger charge is 2.52. The Hall–Kier alpha value is -2.34. The van der Waals surface area contributed by atoms with E-state index in [1.165, 1.54) is 37.5 Å². The second-order valence-corrected chi connectivity index (χ2v) is 10.5. The van der Waals surface area contributed by atoms with Crippen molar-refractivity contribution in [1.82, 2.24) is 0 Å². The first kappa shape index (κ1) is 20.6. The molecule has 4 fully saturated rings. The zero-order valence-corrected chi connectivity index (χ0v) is 18.2. The van der Waals surface area contributed by atoms with E-state index in [9.17, 15) is 14.0 Å². The minimum Gasteiger partial charge on any atom is -0.496 e. The number of halogens is 1. The number of hydrogen-bond donors (Lipinski definition) is 1. The van der Waals surface area contributed by atoms with E-state index in [0.717, 1.165) is 54.3 Å². The van der Waals surface area contributed by atoms with Gasteiger partial charge < -0.3 is 9.84 Å². The lowest BCUT2D eigenvalue weighted by atomic mass is 9.48. The van der Waals surface area contributed by atoms with Gasteiger partial charge in [0.05, 0.1) is 18.2 Å². The van der Waals surface area contributed by atoms with Crippen molar-refractivity contribution in [1.29, 1.82) is 0 Å². The second kappa shape index (κ2) is 7.66. The largest absolute Gasteiger partial charge is 0.496 e. The van der Waals surface area contributed by atoms with Crippen LogP contribution in [0.5, 0.6) is 5.75 Å².